The number of hydrogen-bond acceptors (Lipinski definition) is 2. The molecular weight excluding hydrogens is 186 g/mol. The van der Waals surface area contributed by atoms with Gasteiger partial charge in [-0.25, -0.2) is 0 Å². The summed E-state index contributed by atoms with van der Waals surface area (Å²) in [5.41, 5.74) is 6.92. The van der Waals surface area contributed by atoms with Crippen molar-refractivity contribution in [2.75, 3.05) is 6.54 Å². The molecule has 0 saturated carbocycles. The molecule has 2 N–H and O–H groups in total. The van der Waals surface area contributed by atoms with Gasteiger partial charge in [0.25, 0.3) is 0 Å². The first-order valence-electron chi connectivity index (χ1n) is 5.34. The van der Waals surface area contributed by atoms with Crippen molar-refractivity contribution in [1.82, 2.24) is 9.78 Å². The van der Waals surface area contributed by atoms with Crippen LogP contribution in [0.4, 0.5) is 0 Å². The smallest absolute Gasteiger partial charge is 0.0725 e. The summed E-state index contributed by atoms with van der Waals surface area (Å²) in [6.45, 7) is 4.89. The molecule has 0 fully saturated rings. The van der Waals surface area contributed by atoms with Gasteiger partial charge in [-0.1, -0.05) is 25.1 Å². The van der Waals surface area contributed by atoms with Crippen LogP contribution < -0.4 is 5.73 Å². The molecule has 2 aromatic rings. The first kappa shape index (κ1) is 10.2. The van der Waals surface area contributed by atoms with Gasteiger partial charge in [-0.05, 0) is 19.4 Å². The van der Waals surface area contributed by atoms with Crippen LogP contribution in [0.5, 0.6) is 0 Å². The first-order valence-corrected chi connectivity index (χ1v) is 5.34. The van der Waals surface area contributed by atoms with Crippen LogP contribution in [0.3, 0.4) is 0 Å². The fraction of sp³-hybridized carbons (Fsp3) is 0.417. The second-order valence-electron chi connectivity index (χ2n) is 4.17. The van der Waals surface area contributed by atoms with E-state index in [2.05, 4.69) is 31.1 Å². The molecule has 1 heterocycles. The second-order valence-corrected chi connectivity index (χ2v) is 4.17. The monoisotopic (exact) mass is 203 g/mol. The lowest BCUT2D eigenvalue weighted by Gasteiger charge is -2.27. The van der Waals surface area contributed by atoms with E-state index >= 15 is 0 Å². The molecule has 80 valence electrons. The Morgan fingerprint density at radius 1 is 1.40 bits per heavy atom. The van der Waals surface area contributed by atoms with Crippen LogP contribution in [0.1, 0.15) is 20.3 Å². The molecule has 0 aliphatic carbocycles. The quantitative estimate of drug-likeness (QED) is 0.830. The summed E-state index contributed by atoms with van der Waals surface area (Å²) >= 11 is 0. The second kappa shape index (κ2) is 3.66. The van der Waals surface area contributed by atoms with Gasteiger partial charge in [0.05, 0.1) is 17.3 Å². The zero-order chi connectivity index (χ0) is 10.9. The van der Waals surface area contributed by atoms with Crippen LogP contribution in [0.25, 0.3) is 10.9 Å². The largest absolute Gasteiger partial charge is 0.328 e. The van der Waals surface area contributed by atoms with Crippen molar-refractivity contribution < 1.29 is 0 Å². The highest BCUT2D eigenvalue weighted by Crippen LogP contribution is 2.23. The third kappa shape index (κ3) is 1.53. The van der Waals surface area contributed by atoms with Crippen molar-refractivity contribution >= 4 is 10.9 Å². The van der Waals surface area contributed by atoms with E-state index in [0.717, 1.165) is 11.9 Å². The molecule has 1 atom stereocenters. The van der Waals surface area contributed by atoms with Crippen LogP contribution in [0, 0.1) is 0 Å². The molecule has 0 aliphatic rings. The molecule has 0 spiro atoms. The summed E-state index contributed by atoms with van der Waals surface area (Å²) in [5.74, 6) is 0. The van der Waals surface area contributed by atoms with E-state index in [9.17, 15) is 0 Å². The molecule has 0 saturated heterocycles. The first-order chi connectivity index (χ1) is 7.21. The Morgan fingerprint density at radius 3 is 2.80 bits per heavy atom. The minimum Gasteiger partial charge on any atom is -0.328 e. The van der Waals surface area contributed by atoms with Gasteiger partial charge in [0.1, 0.15) is 0 Å². The van der Waals surface area contributed by atoms with Crippen LogP contribution in [-0.4, -0.2) is 16.3 Å². The average molecular weight is 203 g/mol. The number of aromatic nitrogens is 2. The van der Waals surface area contributed by atoms with E-state index in [1.165, 1.54) is 5.39 Å². The van der Waals surface area contributed by atoms with Gasteiger partial charge < -0.3 is 5.73 Å². The molecule has 3 heteroatoms. The van der Waals surface area contributed by atoms with Gasteiger partial charge in [0, 0.05) is 11.9 Å². The SMILES string of the molecule is CCC(C)(CN)n1ncc2ccccc21. The predicted molar refractivity (Wildman–Crippen MR) is 62.7 cm³/mol. The Hall–Kier alpha value is -1.35. The summed E-state index contributed by atoms with van der Waals surface area (Å²) in [7, 11) is 0. The van der Waals surface area contributed by atoms with E-state index in [4.69, 9.17) is 5.73 Å². The minimum atomic E-state index is -0.0803. The van der Waals surface area contributed by atoms with Crippen molar-refractivity contribution in [2.45, 2.75) is 25.8 Å². The number of nitrogens with two attached hydrogens (primary N) is 1. The molecule has 1 aromatic heterocycles. The van der Waals surface area contributed by atoms with Gasteiger partial charge in [-0.2, -0.15) is 5.10 Å². The molecule has 1 aromatic carbocycles. The number of benzene rings is 1. The number of rotatable bonds is 3. The fourth-order valence-corrected chi connectivity index (χ4v) is 1.78. The molecule has 0 aliphatic heterocycles. The molecular formula is C12H17N3. The lowest BCUT2D eigenvalue weighted by atomic mass is 9.99. The topological polar surface area (TPSA) is 43.8 Å². The van der Waals surface area contributed by atoms with Crippen LogP contribution in [-0.2, 0) is 5.54 Å². The predicted octanol–water partition coefficient (Wildman–Crippen LogP) is 2.12. The maximum Gasteiger partial charge on any atom is 0.0725 e. The number of para-hydroxylation sites is 1. The summed E-state index contributed by atoms with van der Waals surface area (Å²) in [5, 5.41) is 5.62. The number of hydrogen-bond donors (Lipinski definition) is 1. The molecule has 2 rings (SSSR count). The Balaban J connectivity index is 2.61. The van der Waals surface area contributed by atoms with Gasteiger partial charge in [0.15, 0.2) is 0 Å². The van der Waals surface area contributed by atoms with Crippen molar-refractivity contribution in [3.05, 3.63) is 30.5 Å². The van der Waals surface area contributed by atoms with E-state index in [1.54, 1.807) is 0 Å². The van der Waals surface area contributed by atoms with Gasteiger partial charge >= 0.3 is 0 Å². The number of fused-ring (bicyclic) bond motifs is 1. The zero-order valence-corrected chi connectivity index (χ0v) is 9.27. The normalized spacial score (nSPS) is 15.4. The third-order valence-electron chi connectivity index (χ3n) is 3.19. The molecule has 0 amide bonds. The Labute approximate surface area is 89.9 Å². The maximum atomic E-state index is 5.84. The van der Waals surface area contributed by atoms with Gasteiger partial charge in [-0.15, -0.1) is 0 Å². The van der Waals surface area contributed by atoms with Crippen LogP contribution in [0.2, 0.25) is 0 Å². The molecule has 0 radical (unpaired) electrons. The van der Waals surface area contributed by atoms with Crippen molar-refractivity contribution in [3.8, 4) is 0 Å². The molecule has 15 heavy (non-hydrogen) atoms. The molecule has 3 nitrogen and oxygen atoms in total. The van der Waals surface area contributed by atoms with E-state index < -0.39 is 0 Å². The van der Waals surface area contributed by atoms with E-state index in [1.807, 2.05) is 23.0 Å². The summed E-state index contributed by atoms with van der Waals surface area (Å²) in [6.07, 6.45) is 2.88. The third-order valence-corrected chi connectivity index (χ3v) is 3.19. The van der Waals surface area contributed by atoms with Crippen LogP contribution in [0.15, 0.2) is 30.5 Å². The van der Waals surface area contributed by atoms with Gasteiger partial charge in [0.2, 0.25) is 0 Å². The highest BCUT2D eigenvalue weighted by molar-refractivity contribution is 5.78. The summed E-state index contributed by atoms with van der Waals surface area (Å²) < 4.78 is 2.04. The van der Waals surface area contributed by atoms with E-state index in [-0.39, 0.29) is 5.54 Å². The van der Waals surface area contributed by atoms with Crippen molar-refractivity contribution in [1.29, 1.82) is 0 Å². The summed E-state index contributed by atoms with van der Waals surface area (Å²) in [4.78, 5) is 0. The lowest BCUT2D eigenvalue weighted by molar-refractivity contribution is 0.295. The molecule has 0 bridgehead atoms. The maximum absolute atomic E-state index is 5.84. The average Bonchev–Trinajstić information content (AvgIpc) is 2.72. The Kier molecular flexibility index (Phi) is 2.49. The standard InChI is InChI=1S/C12H17N3/c1-3-12(2,9-13)15-11-7-5-4-6-10(11)8-14-15/h4-8H,3,9,13H2,1-2H3. The Bertz CT molecular complexity index is 455. The molecule has 1 unspecified atom stereocenters. The number of nitrogens with zero attached hydrogens (tertiary/aromatic N) is 2. The Morgan fingerprint density at radius 2 is 2.13 bits per heavy atom. The van der Waals surface area contributed by atoms with Crippen molar-refractivity contribution in [2.24, 2.45) is 5.73 Å². The van der Waals surface area contributed by atoms with Crippen molar-refractivity contribution in [3.63, 3.8) is 0 Å². The fourth-order valence-electron chi connectivity index (χ4n) is 1.78. The highest BCUT2D eigenvalue weighted by atomic mass is 15.3. The van der Waals surface area contributed by atoms with Crippen LogP contribution >= 0.6 is 0 Å². The lowest BCUT2D eigenvalue weighted by Crippen LogP contribution is -2.38. The van der Waals surface area contributed by atoms with E-state index in [0.29, 0.717) is 6.54 Å². The minimum absolute atomic E-state index is 0.0803. The highest BCUT2D eigenvalue weighted by Gasteiger charge is 2.24. The summed E-state index contributed by atoms with van der Waals surface area (Å²) in [6, 6.07) is 8.23. The zero-order valence-electron chi connectivity index (χ0n) is 9.27. The van der Waals surface area contributed by atoms with Gasteiger partial charge in [-0.3, -0.25) is 4.68 Å².